The van der Waals surface area contributed by atoms with Crippen molar-refractivity contribution in [3.05, 3.63) is 40.6 Å². The van der Waals surface area contributed by atoms with Crippen molar-refractivity contribution in [1.82, 2.24) is 0 Å². The molecule has 0 saturated heterocycles. The monoisotopic (exact) mass is 256 g/mol. The molecule has 0 radical (unpaired) electrons. The van der Waals surface area contributed by atoms with Gasteiger partial charge in [0.1, 0.15) is 12.4 Å². The van der Waals surface area contributed by atoms with Crippen molar-refractivity contribution in [2.24, 2.45) is 0 Å². The summed E-state index contributed by atoms with van der Waals surface area (Å²) in [4.78, 5) is 11.4. The number of carbonyl (C=O) groups is 1. The molecule has 1 aromatic rings. The zero-order valence-corrected chi connectivity index (χ0v) is 9.75. The Labute approximate surface area is 97.6 Å². The van der Waals surface area contributed by atoms with E-state index in [9.17, 15) is 17.6 Å². The van der Waals surface area contributed by atoms with Gasteiger partial charge in [-0.1, -0.05) is 12.1 Å². The van der Waals surface area contributed by atoms with Gasteiger partial charge in [-0.05, 0) is 17.7 Å². The molecule has 1 heterocycles. The number of halogens is 1. The summed E-state index contributed by atoms with van der Waals surface area (Å²) >= 11 is 0. The van der Waals surface area contributed by atoms with Crippen LogP contribution in [0.1, 0.15) is 5.56 Å². The Balaban J connectivity index is 2.61. The third kappa shape index (κ3) is 2.21. The summed E-state index contributed by atoms with van der Waals surface area (Å²) < 4.78 is 40.4. The van der Waals surface area contributed by atoms with E-state index in [4.69, 9.17) is 4.74 Å². The lowest BCUT2D eigenvalue weighted by Crippen LogP contribution is -2.04. The van der Waals surface area contributed by atoms with Crippen LogP contribution in [0.15, 0.2) is 29.2 Å². The van der Waals surface area contributed by atoms with Crippen molar-refractivity contribution in [2.45, 2.75) is 0 Å². The van der Waals surface area contributed by atoms with Crippen LogP contribution < -0.4 is 0 Å². The van der Waals surface area contributed by atoms with Gasteiger partial charge in [-0.25, -0.2) is 17.6 Å². The maximum atomic E-state index is 12.8. The lowest BCUT2D eigenvalue weighted by atomic mass is 10.1. The van der Waals surface area contributed by atoms with E-state index in [0.29, 0.717) is 5.56 Å². The van der Waals surface area contributed by atoms with Gasteiger partial charge < -0.3 is 4.74 Å². The van der Waals surface area contributed by atoms with Crippen molar-refractivity contribution >= 4 is 21.4 Å². The molecule has 0 saturated carbocycles. The first kappa shape index (κ1) is 11.8. The van der Waals surface area contributed by atoms with Crippen molar-refractivity contribution in [3.8, 4) is 0 Å². The maximum Gasteiger partial charge on any atom is 0.340 e. The molecule has 0 amide bonds. The zero-order valence-electron chi connectivity index (χ0n) is 8.94. The Morgan fingerprint density at radius 2 is 1.82 bits per heavy atom. The second-order valence-electron chi connectivity index (χ2n) is 3.65. The van der Waals surface area contributed by atoms with Gasteiger partial charge >= 0.3 is 5.97 Å². The Hall–Kier alpha value is -1.69. The minimum atomic E-state index is -3.50. The van der Waals surface area contributed by atoms with Gasteiger partial charge in [0.2, 0.25) is 0 Å². The molecular weight excluding hydrogens is 247 g/mol. The third-order valence-electron chi connectivity index (χ3n) is 2.40. The average molecular weight is 256 g/mol. The fourth-order valence-corrected chi connectivity index (χ4v) is 2.42. The van der Waals surface area contributed by atoms with Gasteiger partial charge in [0.05, 0.1) is 10.5 Å². The summed E-state index contributed by atoms with van der Waals surface area (Å²) in [5.41, 5.74) is 0.335. The summed E-state index contributed by atoms with van der Waals surface area (Å²) in [7, 11) is -3.50. The van der Waals surface area contributed by atoms with Crippen LogP contribution in [0.2, 0.25) is 0 Å². The standard InChI is InChI=1S/C11H9FO4S/c1-17(14,15)9-6-16-11(13)10(9)7-2-4-8(12)5-3-7/h2-5H,6H2,1H3. The van der Waals surface area contributed by atoms with Crippen LogP contribution >= 0.6 is 0 Å². The topological polar surface area (TPSA) is 60.4 Å². The highest BCUT2D eigenvalue weighted by Crippen LogP contribution is 2.29. The van der Waals surface area contributed by atoms with Crippen LogP contribution in [-0.2, 0) is 19.4 Å². The van der Waals surface area contributed by atoms with Gasteiger partial charge in [-0.15, -0.1) is 0 Å². The van der Waals surface area contributed by atoms with Crippen LogP contribution in [0.5, 0.6) is 0 Å². The van der Waals surface area contributed by atoms with Crippen LogP contribution in [0, 0.1) is 5.82 Å². The molecule has 0 atom stereocenters. The highest BCUT2D eigenvalue weighted by molar-refractivity contribution is 7.94. The molecule has 1 aliphatic rings. The van der Waals surface area contributed by atoms with Crippen LogP contribution in [0.4, 0.5) is 4.39 Å². The minimum Gasteiger partial charge on any atom is -0.456 e. The number of benzene rings is 1. The predicted molar refractivity (Wildman–Crippen MR) is 59.1 cm³/mol. The first-order chi connectivity index (χ1) is 7.89. The minimum absolute atomic E-state index is 0.00694. The fraction of sp³-hybridized carbons (Fsp3) is 0.182. The molecule has 17 heavy (non-hydrogen) atoms. The number of sulfone groups is 1. The second kappa shape index (κ2) is 3.96. The molecule has 6 heteroatoms. The highest BCUT2D eigenvalue weighted by Gasteiger charge is 2.31. The first-order valence-electron chi connectivity index (χ1n) is 4.76. The van der Waals surface area contributed by atoms with Crippen LogP contribution in [-0.4, -0.2) is 27.2 Å². The lowest BCUT2D eigenvalue weighted by molar-refractivity contribution is -0.133. The molecule has 0 bridgehead atoms. The smallest absolute Gasteiger partial charge is 0.340 e. The Morgan fingerprint density at radius 1 is 1.24 bits per heavy atom. The molecule has 0 unspecified atom stereocenters. The molecule has 90 valence electrons. The Kier molecular flexibility index (Phi) is 2.74. The van der Waals surface area contributed by atoms with Gasteiger partial charge in [-0.2, -0.15) is 0 Å². The van der Waals surface area contributed by atoms with E-state index in [1.54, 1.807) is 0 Å². The molecular formula is C11H9FO4S. The molecule has 0 aliphatic carbocycles. The highest BCUT2D eigenvalue weighted by atomic mass is 32.2. The number of rotatable bonds is 2. The molecule has 0 N–H and O–H groups in total. The Bertz CT molecular complexity index is 599. The fourth-order valence-electron chi connectivity index (χ4n) is 1.58. The third-order valence-corrected chi connectivity index (χ3v) is 3.61. The number of carbonyl (C=O) groups excluding carboxylic acids is 1. The van der Waals surface area contributed by atoms with Gasteiger partial charge in [-0.3, -0.25) is 0 Å². The zero-order chi connectivity index (χ0) is 12.6. The summed E-state index contributed by atoms with van der Waals surface area (Å²) in [6.07, 6.45) is 1.01. The molecule has 4 nitrogen and oxygen atoms in total. The summed E-state index contributed by atoms with van der Waals surface area (Å²) in [5, 5.41) is 0. The quantitative estimate of drug-likeness (QED) is 0.744. The lowest BCUT2D eigenvalue weighted by Gasteiger charge is -2.01. The van der Waals surface area contributed by atoms with E-state index in [0.717, 1.165) is 18.4 Å². The van der Waals surface area contributed by atoms with E-state index in [1.165, 1.54) is 12.1 Å². The van der Waals surface area contributed by atoms with Crippen molar-refractivity contribution in [3.63, 3.8) is 0 Å². The Morgan fingerprint density at radius 3 is 2.35 bits per heavy atom. The number of ether oxygens (including phenoxy) is 1. The number of esters is 1. The average Bonchev–Trinajstić information content (AvgIpc) is 2.61. The summed E-state index contributed by atoms with van der Waals surface area (Å²) in [6.45, 7) is -0.260. The van der Waals surface area contributed by atoms with Crippen LogP contribution in [0.25, 0.3) is 5.57 Å². The summed E-state index contributed by atoms with van der Waals surface area (Å²) in [5.74, 6) is -1.15. The molecule has 0 aromatic heterocycles. The van der Waals surface area contributed by atoms with Crippen molar-refractivity contribution < 1.29 is 22.3 Å². The van der Waals surface area contributed by atoms with E-state index < -0.39 is 21.6 Å². The number of hydrogen-bond acceptors (Lipinski definition) is 4. The van der Waals surface area contributed by atoms with E-state index in [2.05, 4.69) is 0 Å². The summed E-state index contributed by atoms with van der Waals surface area (Å²) in [6, 6.07) is 5.02. The van der Waals surface area contributed by atoms with Crippen LogP contribution in [0.3, 0.4) is 0 Å². The molecule has 1 aliphatic heterocycles. The van der Waals surface area contributed by atoms with E-state index >= 15 is 0 Å². The molecule has 2 rings (SSSR count). The number of hydrogen-bond donors (Lipinski definition) is 0. The number of cyclic esters (lactones) is 1. The van der Waals surface area contributed by atoms with Crippen molar-refractivity contribution in [1.29, 1.82) is 0 Å². The first-order valence-corrected chi connectivity index (χ1v) is 6.65. The van der Waals surface area contributed by atoms with Gasteiger partial charge in [0.15, 0.2) is 9.84 Å². The van der Waals surface area contributed by atoms with Gasteiger partial charge in [0.25, 0.3) is 0 Å². The maximum absolute atomic E-state index is 12.8. The van der Waals surface area contributed by atoms with E-state index in [1.807, 2.05) is 0 Å². The normalized spacial score (nSPS) is 16.2. The predicted octanol–water partition coefficient (Wildman–Crippen LogP) is 1.14. The second-order valence-corrected chi connectivity index (χ2v) is 5.69. The molecule has 1 aromatic carbocycles. The van der Waals surface area contributed by atoms with Gasteiger partial charge in [0, 0.05) is 6.26 Å². The molecule has 0 spiro atoms. The van der Waals surface area contributed by atoms with E-state index in [-0.39, 0.29) is 17.1 Å². The molecule has 0 fully saturated rings. The SMILES string of the molecule is CS(=O)(=O)C1=C(c2ccc(F)cc2)C(=O)OC1. The van der Waals surface area contributed by atoms with Crippen molar-refractivity contribution in [2.75, 3.05) is 12.9 Å². The largest absolute Gasteiger partial charge is 0.456 e.